The van der Waals surface area contributed by atoms with Crippen LogP contribution in [0.2, 0.25) is 0 Å². The van der Waals surface area contributed by atoms with Gasteiger partial charge in [-0.1, -0.05) is 56.7 Å². The highest BCUT2D eigenvalue weighted by molar-refractivity contribution is 5.99. The van der Waals surface area contributed by atoms with Crippen LogP contribution in [0.25, 0.3) is 0 Å². The molecule has 1 N–H and O–H groups in total. The number of rotatable bonds is 4. The Balaban J connectivity index is 2.38. The van der Waals surface area contributed by atoms with Gasteiger partial charge in [-0.3, -0.25) is 4.79 Å². The molecule has 2 aromatic rings. The van der Waals surface area contributed by atoms with Gasteiger partial charge in [-0.05, 0) is 68.4 Å². The van der Waals surface area contributed by atoms with Crippen molar-refractivity contribution in [2.24, 2.45) is 5.41 Å². The Bertz CT molecular complexity index is 753. The molecular weight excluding hydrogens is 306 g/mol. The average molecular weight is 338 g/mol. The lowest BCUT2D eigenvalue weighted by Gasteiger charge is -2.35. The molecule has 0 unspecified atom stereocenters. The molecule has 2 aromatic carbocycles. The fraction of sp³-hybridized carbons (Fsp3) is 0.435. The zero-order valence-electron chi connectivity index (χ0n) is 16.7. The maximum Gasteiger partial charge on any atom is 0.234 e. The third kappa shape index (κ3) is 4.72. The summed E-state index contributed by atoms with van der Waals surface area (Å²) in [6.07, 6.45) is 0.778. The quantitative estimate of drug-likeness (QED) is 0.734. The summed E-state index contributed by atoms with van der Waals surface area (Å²) in [6, 6.07) is 14.4. The van der Waals surface area contributed by atoms with E-state index in [1.807, 2.05) is 12.1 Å². The van der Waals surface area contributed by atoms with Gasteiger partial charge in [0.1, 0.15) is 0 Å². The Morgan fingerprint density at radius 2 is 1.48 bits per heavy atom. The standard InChI is InChI=1S/C23H31NO/c1-16-8-11-19(12-9-16)23(7,15-22(4,5)6)21(25)24-20-13-10-17(2)18(3)14-20/h8-14H,15H2,1-7H3,(H,24,25)/t23-/m1/s1. The molecule has 0 aromatic heterocycles. The molecule has 0 aliphatic heterocycles. The third-order valence-corrected chi connectivity index (χ3v) is 4.84. The molecule has 0 saturated carbocycles. The molecule has 0 radical (unpaired) electrons. The fourth-order valence-electron chi connectivity index (χ4n) is 3.38. The number of amides is 1. The molecule has 0 heterocycles. The molecule has 0 aliphatic carbocycles. The first kappa shape index (κ1) is 19.2. The lowest BCUT2D eigenvalue weighted by Crippen LogP contribution is -2.40. The number of carbonyl (C=O) groups is 1. The predicted octanol–water partition coefficient (Wildman–Crippen LogP) is 5.94. The van der Waals surface area contributed by atoms with Crippen molar-refractivity contribution in [1.29, 1.82) is 0 Å². The van der Waals surface area contributed by atoms with Gasteiger partial charge in [0.2, 0.25) is 5.91 Å². The molecule has 134 valence electrons. The minimum absolute atomic E-state index is 0.0418. The molecule has 0 fully saturated rings. The number of aryl methyl sites for hydroxylation is 3. The summed E-state index contributed by atoms with van der Waals surface area (Å²) >= 11 is 0. The van der Waals surface area contributed by atoms with Crippen LogP contribution in [-0.2, 0) is 10.2 Å². The number of carbonyl (C=O) groups excluding carboxylic acids is 1. The normalized spacial score (nSPS) is 14.0. The number of anilines is 1. The van der Waals surface area contributed by atoms with Crippen LogP contribution >= 0.6 is 0 Å². The molecule has 0 aliphatic rings. The monoisotopic (exact) mass is 337 g/mol. The van der Waals surface area contributed by atoms with Crippen molar-refractivity contribution in [3.05, 3.63) is 64.7 Å². The summed E-state index contributed by atoms with van der Waals surface area (Å²) in [4.78, 5) is 13.3. The smallest absolute Gasteiger partial charge is 0.234 e. The first-order valence-corrected chi connectivity index (χ1v) is 8.97. The Hall–Kier alpha value is -2.09. The highest BCUT2D eigenvalue weighted by Crippen LogP contribution is 2.38. The SMILES string of the molecule is Cc1ccc([C@@](C)(CC(C)(C)C)C(=O)Nc2ccc(C)c(C)c2)cc1. The zero-order valence-corrected chi connectivity index (χ0v) is 16.7. The fourth-order valence-corrected chi connectivity index (χ4v) is 3.38. The van der Waals surface area contributed by atoms with E-state index < -0.39 is 5.41 Å². The lowest BCUT2D eigenvalue weighted by atomic mass is 9.70. The maximum absolute atomic E-state index is 13.3. The number of benzene rings is 2. The maximum atomic E-state index is 13.3. The van der Waals surface area contributed by atoms with E-state index in [0.717, 1.165) is 17.7 Å². The van der Waals surface area contributed by atoms with Gasteiger partial charge in [-0.2, -0.15) is 0 Å². The van der Waals surface area contributed by atoms with E-state index in [-0.39, 0.29) is 11.3 Å². The van der Waals surface area contributed by atoms with Crippen molar-refractivity contribution in [3.63, 3.8) is 0 Å². The molecule has 1 atom stereocenters. The Labute approximate surface area is 152 Å². The summed E-state index contributed by atoms with van der Waals surface area (Å²) < 4.78 is 0. The largest absolute Gasteiger partial charge is 0.325 e. The van der Waals surface area contributed by atoms with Crippen LogP contribution in [0.3, 0.4) is 0 Å². The van der Waals surface area contributed by atoms with Gasteiger partial charge in [-0.25, -0.2) is 0 Å². The molecular formula is C23H31NO. The topological polar surface area (TPSA) is 29.1 Å². The van der Waals surface area contributed by atoms with Crippen LogP contribution in [0.5, 0.6) is 0 Å². The van der Waals surface area contributed by atoms with Crippen LogP contribution in [0.4, 0.5) is 5.69 Å². The summed E-state index contributed by atoms with van der Waals surface area (Å²) in [5.74, 6) is 0.0505. The summed E-state index contributed by atoms with van der Waals surface area (Å²) in [6.45, 7) is 14.8. The molecule has 0 bridgehead atoms. The van der Waals surface area contributed by atoms with Crippen molar-refractivity contribution in [2.75, 3.05) is 5.32 Å². The average Bonchev–Trinajstić information content (AvgIpc) is 2.49. The van der Waals surface area contributed by atoms with Gasteiger partial charge in [0, 0.05) is 5.69 Å². The summed E-state index contributed by atoms with van der Waals surface area (Å²) in [5.41, 5.74) is 5.01. The minimum atomic E-state index is -0.579. The lowest BCUT2D eigenvalue weighted by molar-refractivity contribution is -0.122. The molecule has 0 saturated heterocycles. The minimum Gasteiger partial charge on any atom is -0.325 e. The van der Waals surface area contributed by atoms with Gasteiger partial charge in [0.05, 0.1) is 5.41 Å². The molecule has 1 amide bonds. The summed E-state index contributed by atoms with van der Waals surface area (Å²) in [5, 5.41) is 3.15. The number of hydrogen-bond acceptors (Lipinski definition) is 1. The first-order chi connectivity index (χ1) is 11.5. The van der Waals surface area contributed by atoms with E-state index in [4.69, 9.17) is 0 Å². The number of nitrogens with one attached hydrogen (secondary N) is 1. The van der Waals surface area contributed by atoms with E-state index in [2.05, 4.69) is 84.1 Å². The highest BCUT2D eigenvalue weighted by Gasteiger charge is 2.38. The molecule has 2 nitrogen and oxygen atoms in total. The predicted molar refractivity (Wildman–Crippen MR) is 107 cm³/mol. The number of hydrogen-bond donors (Lipinski definition) is 1. The van der Waals surface area contributed by atoms with Crippen molar-refractivity contribution >= 4 is 11.6 Å². The highest BCUT2D eigenvalue weighted by atomic mass is 16.2. The van der Waals surface area contributed by atoms with Crippen molar-refractivity contribution in [1.82, 2.24) is 0 Å². The van der Waals surface area contributed by atoms with Crippen LogP contribution in [-0.4, -0.2) is 5.91 Å². The molecule has 0 spiro atoms. The van der Waals surface area contributed by atoms with Crippen molar-refractivity contribution < 1.29 is 4.79 Å². The van der Waals surface area contributed by atoms with E-state index in [9.17, 15) is 4.79 Å². The van der Waals surface area contributed by atoms with E-state index in [1.54, 1.807) is 0 Å². The van der Waals surface area contributed by atoms with Gasteiger partial charge in [0.25, 0.3) is 0 Å². The van der Waals surface area contributed by atoms with E-state index in [1.165, 1.54) is 16.7 Å². The first-order valence-electron chi connectivity index (χ1n) is 8.97. The summed E-state index contributed by atoms with van der Waals surface area (Å²) in [7, 11) is 0. The second-order valence-electron chi connectivity index (χ2n) is 8.69. The van der Waals surface area contributed by atoms with Crippen LogP contribution < -0.4 is 5.32 Å². The Kier molecular flexibility index (Phi) is 5.41. The Morgan fingerprint density at radius 3 is 2.00 bits per heavy atom. The van der Waals surface area contributed by atoms with Crippen LogP contribution in [0, 0.1) is 26.2 Å². The zero-order chi connectivity index (χ0) is 18.8. The van der Waals surface area contributed by atoms with Gasteiger partial charge in [-0.15, -0.1) is 0 Å². The third-order valence-electron chi connectivity index (χ3n) is 4.84. The van der Waals surface area contributed by atoms with Gasteiger partial charge in [0.15, 0.2) is 0 Å². The second kappa shape index (κ2) is 7.03. The van der Waals surface area contributed by atoms with E-state index in [0.29, 0.717) is 0 Å². The van der Waals surface area contributed by atoms with Crippen LogP contribution in [0.1, 0.15) is 56.4 Å². The second-order valence-corrected chi connectivity index (χ2v) is 8.69. The molecule has 2 rings (SSSR count). The Morgan fingerprint density at radius 1 is 0.880 bits per heavy atom. The molecule has 25 heavy (non-hydrogen) atoms. The van der Waals surface area contributed by atoms with Gasteiger partial charge < -0.3 is 5.32 Å². The van der Waals surface area contributed by atoms with Crippen LogP contribution in [0.15, 0.2) is 42.5 Å². The molecule has 2 heteroatoms. The van der Waals surface area contributed by atoms with Crippen molar-refractivity contribution in [2.45, 2.75) is 60.3 Å². The van der Waals surface area contributed by atoms with Crippen molar-refractivity contribution in [3.8, 4) is 0 Å². The van der Waals surface area contributed by atoms with E-state index >= 15 is 0 Å². The van der Waals surface area contributed by atoms with Gasteiger partial charge >= 0.3 is 0 Å².